The molecule has 1 aromatic heterocycles. The minimum absolute atomic E-state index is 0.239. The number of benzene rings is 1. The Morgan fingerprint density at radius 1 is 1.09 bits per heavy atom. The third-order valence-corrected chi connectivity index (χ3v) is 4.12. The maximum absolute atomic E-state index is 8.97. The highest BCUT2D eigenvalue weighted by Gasteiger charge is 2.17. The van der Waals surface area contributed by atoms with Crippen LogP contribution in [-0.2, 0) is 6.54 Å². The molecular formula is C17H23N3O2. The normalized spacial score (nSPS) is 17.0. The van der Waals surface area contributed by atoms with E-state index >= 15 is 0 Å². The van der Waals surface area contributed by atoms with Crippen LogP contribution in [0.4, 0.5) is 0 Å². The van der Waals surface area contributed by atoms with Crippen molar-refractivity contribution in [3.05, 3.63) is 41.8 Å². The molecule has 0 atom stereocenters. The van der Waals surface area contributed by atoms with Crippen LogP contribution in [0.5, 0.6) is 0 Å². The van der Waals surface area contributed by atoms with E-state index in [0.29, 0.717) is 5.89 Å². The van der Waals surface area contributed by atoms with Gasteiger partial charge in [0.1, 0.15) is 6.26 Å². The van der Waals surface area contributed by atoms with Crippen molar-refractivity contribution in [1.82, 2.24) is 14.8 Å². The van der Waals surface area contributed by atoms with Crippen molar-refractivity contribution in [2.24, 2.45) is 0 Å². The highest BCUT2D eigenvalue weighted by Crippen LogP contribution is 2.20. The summed E-state index contributed by atoms with van der Waals surface area (Å²) in [7, 11) is 0. The summed E-state index contributed by atoms with van der Waals surface area (Å²) >= 11 is 0. The molecule has 1 N–H and O–H groups in total. The zero-order valence-electron chi connectivity index (χ0n) is 13.0. The van der Waals surface area contributed by atoms with Crippen LogP contribution in [0.1, 0.15) is 11.3 Å². The molecule has 3 rings (SSSR count). The van der Waals surface area contributed by atoms with Gasteiger partial charge >= 0.3 is 0 Å². The van der Waals surface area contributed by atoms with E-state index in [-0.39, 0.29) is 6.61 Å². The number of aromatic nitrogens is 1. The average molecular weight is 301 g/mol. The van der Waals surface area contributed by atoms with Gasteiger partial charge in [-0.1, -0.05) is 17.7 Å². The van der Waals surface area contributed by atoms with Gasteiger partial charge in [0.15, 0.2) is 0 Å². The van der Waals surface area contributed by atoms with Crippen LogP contribution in [0.3, 0.4) is 0 Å². The van der Waals surface area contributed by atoms with Gasteiger partial charge in [-0.25, -0.2) is 4.98 Å². The first-order chi connectivity index (χ1) is 10.7. The molecule has 1 aliphatic rings. The van der Waals surface area contributed by atoms with Gasteiger partial charge in [0.05, 0.1) is 12.3 Å². The number of hydrogen-bond donors (Lipinski definition) is 1. The standard InChI is InChI=1S/C17H23N3O2/c1-14-2-4-15(5-3-14)17-18-16(13-22-17)12-20-8-6-19(7-9-20)10-11-21/h2-5,13,21H,6-12H2,1H3. The fraction of sp³-hybridized carbons (Fsp3) is 0.471. The lowest BCUT2D eigenvalue weighted by atomic mass is 10.1. The monoisotopic (exact) mass is 301 g/mol. The van der Waals surface area contributed by atoms with Crippen LogP contribution in [-0.4, -0.2) is 59.2 Å². The maximum atomic E-state index is 8.97. The third kappa shape index (κ3) is 3.74. The molecule has 0 spiro atoms. The van der Waals surface area contributed by atoms with E-state index in [9.17, 15) is 0 Å². The smallest absolute Gasteiger partial charge is 0.226 e. The second kappa shape index (κ2) is 7.05. The summed E-state index contributed by atoms with van der Waals surface area (Å²) in [6, 6.07) is 8.22. The first kappa shape index (κ1) is 15.2. The van der Waals surface area contributed by atoms with Gasteiger partial charge in [0, 0.05) is 44.8 Å². The van der Waals surface area contributed by atoms with Crippen molar-refractivity contribution in [3.63, 3.8) is 0 Å². The van der Waals surface area contributed by atoms with Crippen LogP contribution in [0.25, 0.3) is 11.5 Å². The summed E-state index contributed by atoms with van der Waals surface area (Å²) < 4.78 is 5.61. The molecule has 0 saturated carbocycles. The molecule has 118 valence electrons. The molecule has 5 heteroatoms. The van der Waals surface area contributed by atoms with Crippen LogP contribution in [0, 0.1) is 6.92 Å². The van der Waals surface area contributed by atoms with E-state index in [1.807, 2.05) is 12.1 Å². The lowest BCUT2D eigenvalue weighted by molar-refractivity contribution is 0.107. The summed E-state index contributed by atoms with van der Waals surface area (Å²) in [5.74, 6) is 0.689. The van der Waals surface area contributed by atoms with Crippen LogP contribution in [0.2, 0.25) is 0 Å². The van der Waals surface area contributed by atoms with Crippen molar-refractivity contribution < 1.29 is 9.52 Å². The zero-order chi connectivity index (χ0) is 15.4. The molecule has 0 amide bonds. The van der Waals surface area contributed by atoms with Crippen LogP contribution < -0.4 is 0 Å². The molecule has 2 heterocycles. The van der Waals surface area contributed by atoms with E-state index in [2.05, 4.69) is 33.8 Å². The Hall–Kier alpha value is -1.69. The van der Waals surface area contributed by atoms with E-state index in [4.69, 9.17) is 9.52 Å². The molecule has 22 heavy (non-hydrogen) atoms. The Morgan fingerprint density at radius 2 is 1.77 bits per heavy atom. The van der Waals surface area contributed by atoms with Crippen molar-refractivity contribution in [1.29, 1.82) is 0 Å². The second-order valence-electron chi connectivity index (χ2n) is 5.85. The van der Waals surface area contributed by atoms with Crippen LogP contribution in [0.15, 0.2) is 34.9 Å². The van der Waals surface area contributed by atoms with Crippen LogP contribution >= 0.6 is 0 Å². The number of aliphatic hydroxyl groups excluding tert-OH is 1. The molecule has 1 fully saturated rings. The van der Waals surface area contributed by atoms with Gasteiger partial charge in [0.25, 0.3) is 0 Å². The molecule has 0 bridgehead atoms. The Labute approximate surface area is 131 Å². The summed E-state index contributed by atoms with van der Waals surface area (Å²) in [4.78, 5) is 9.27. The maximum Gasteiger partial charge on any atom is 0.226 e. The molecule has 0 unspecified atom stereocenters. The Bertz CT molecular complexity index is 586. The Balaban J connectivity index is 1.57. The van der Waals surface area contributed by atoms with Gasteiger partial charge in [0.2, 0.25) is 5.89 Å². The average Bonchev–Trinajstić information content (AvgIpc) is 2.99. The highest BCUT2D eigenvalue weighted by molar-refractivity contribution is 5.53. The molecule has 1 aliphatic heterocycles. The van der Waals surface area contributed by atoms with Gasteiger partial charge in [-0.15, -0.1) is 0 Å². The highest BCUT2D eigenvalue weighted by atomic mass is 16.3. The van der Waals surface area contributed by atoms with E-state index in [1.54, 1.807) is 6.26 Å². The summed E-state index contributed by atoms with van der Waals surface area (Å²) in [6.45, 7) is 7.92. The molecule has 5 nitrogen and oxygen atoms in total. The lowest BCUT2D eigenvalue weighted by Crippen LogP contribution is -2.46. The second-order valence-corrected chi connectivity index (χ2v) is 5.85. The largest absolute Gasteiger partial charge is 0.444 e. The number of oxazole rings is 1. The fourth-order valence-corrected chi connectivity index (χ4v) is 2.75. The number of rotatable bonds is 5. The number of hydrogen-bond acceptors (Lipinski definition) is 5. The quantitative estimate of drug-likeness (QED) is 0.912. The van der Waals surface area contributed by atoms with Crippen molar-refractivity contribution >= 4 is 0 Å². The summed E-state index contributed by atoms with van der Waals surface area (Å²) in [5.41, 5.74) is 3.23. The molecule has 0 aliphatic carbocycles. The summed E-state index contributed by atoms with van der Waals surface area (Å²) in [6.07, 6.45) is 1.76. The predicted octanol–water partition coefficient (Wildman–Crippen LogP) is 1.76. The number of β-amino-alcohol motifs (C(OH)–C–C–N with tert-alkyl or cyclic N) is 1. The van der Waals surface area contributed by atoms with E-state index in [1.165, 1.54) is 5.56 Å². The van der Waals surface area contributed by atoms with E-state index in [0.717, 1.165) is 50.5 Å². The van der Waals surface area contributed by atoms with Gasteiger partial charge < -0.3 is 9.52 Å². The van der Waals surface area contributed by atoms with Crippen molar-refractivity contribution in [3.8, 4) is 11.5 Å². The first-order valence-corrected chi connectivity index (χ1v) is 7.81. The minimum Gasteiger partial charge on any atom is -0.444 e. The van der Waals surface area contributed by atoms with Gasteiger partial charge in [-0.05, 0) is 19.1 Å². The number of aliphatic hydroxyl groups is 1. The lowest BCUT2D eigenvalue weighted by Gasteiger charge is -2.33. The number of aryl methyl sites for hydroxylation is 1. The molecule has 2 aromatic rings. The van der Waals surface area contributed by atoms with Gasteiger partial charge in [-0.3, -0.25) is 9.80 Å². The SMILES string of the molecule is Cc1ccc(-c2nc(CN3CCN(CCO)CC3)co2)cc1. The van der Waals surface area contributed by atoms with Gasteiger partial charge in [-0.2, -0.15) is 0 Å². The fourth-order valence-electron chi connectivity index (χ4n) is 2.75. The Morgan fingerprint density at radius 3 is 2.45 bits per heavy atom. The van der Waals surface area contributed by atoms with Crippen molar-refractivity contribution in [2.75, 3.05) is 39.3 Å². The Kier molecular flexibility index (Phi) is 4.87. The topological polar surface area (TPSA) is 52.7 Å². The van der Waals surface area contributed by atoms with E-state index < -0.39 is 0 Å². The van der Waals surface area contributed by atoms with Crippen molar-refractivity contribution in [2.45, 2.75) is 13.5 Å². The molecule has 0 radical (unpaired) electrons. The minimum atomic E-state index is 0.239. The molecule has 1 aromatic carbocycles. The number of nitrogens with zero attached hydrogens (tertiary/aromatic N) is 3. The molecular weight excluding hydrogens is 278 g/mol. The first-order valence-electron chi connectivity index (χ1n) is 7.81. The summed E-state index contributed by atoms with van der Waals surface area (Å²) in [5, 5.41) is 8.97. The number of piperazine rings is 1. The zero-order valence-corrected chi connectivity index (χ0v) is 13.0. The third-order valence-electron chi connectivity index (χ3n) is 4.12. The molecule has 1 saturated heterocycles. The predicted molar refractivity (Wildman–Crippen MR) is 85.5 cm³/mol.